The second kappa shape index (κ2) is 3.73. The molecule has 1 saturated heterocycles. The number of amides is 1. The highest BCUT2D eigenvalue weighted by molar-refractivity contribution is 7.86. The van der Waals surface area contributed by atoms with Gasteiger partial charge in [0.05, 0.1) is 5.75 Å². The summed E-state index contributed by atoms with van der Waals surface area (Å²) in [4.78, 5) is 13.2. The van der Waals surface area contributed by atoms with Crippen LogP contribution in [0.3, 0.4) is 0 Å². The van der Waals surface area contributed by atoms with E-state index in [2.05, 4.69) is 0 Å². The van der Waals surface area contributed by atoms with E-state index in [1.807, 2.05) is 0 Å². The number of carbonyl (C=O) groups is 1. The van der Waals surface area contributed by atoms with Gasteiger partial charge in [-0.25, -0.2) is 0 Å². The highest BCUT2D eigenvalue weighted by atomic mass is 32.3. The van der Waals surface area contributed by atoms with E-state index in [1.54, 1.807) is 4.90 Å². The van der Waals surface area contributed by atoms with Crippen molar-refractivity contribution < 1.29 is 17.1 Å². The van der Waals surface area contributed by atoms with Gasteiger partial charge in [-0.2, -0.15) is 8.42 Å². The Morgan fingerprint density at radius 3 is 2.53 bits per heavy atom. The van der Waals surface area contributed by atoms with Crippen molar-refractivity contribution >= 4 is 16.1 Å². The minimum absolute atomic E-state index is 0.0200. The molecular weight excluding hydrogens is 221 g/mol. The maximum absolute atomic E-state index is 12.4. The molecule has 1 atom stereocenters. The van der Waals surface area contributed by atoms with Crippen LogP contribution in [0.4, 0.5) is 3.89 Å². The van der Waals surface area contributed by atoms with Crippen molar-refractivity contribution in [3.63, 3.8) is 0 Å². The molecule has 6 heteroatoms. The predicted octanol–water partition coefficient (Wildman–Crippen LogP) is 0.687. The first-order chi connectivity index (χ1) is 6.96. The zero-order chi connectivity index (χ0) is 11.1. The lowest BCUT2D eigenvalue weighted by Gasteiger charge is -2.34. The van der Waals surface area contributed by atoms with E-state index < -0.39 is 16.0 Å². The highest BCUT2D eigenvalue weighted by Crippen LogP contribution is 2.31. The molecule has 0 N–H and O–H groups in total. The molecule has 86 valence electrons. The van der Waals surface area contributed by atoms with Crippen LogP contribution in [-0.4, -0.2) is 37.6 Å². The van der Waals surface area contributed by atoms with Crippen LogP contribution in [0.2, 0.25) is 0 Å². The molecule has 0 spiro atoms. The summed E-state index contributed by atoms with van der Waals surface area (Å²) < 4.78 is 33.3. The molecule has 4 nitrogen and oxygen atoms in total. The number of hydrogen-bond donors (Lipinski definition) is 0. The Balaban J connectivity index is 1.94. The van der Waals surface area contributed by atoms with Crippen LogP contribution in [0.5, 0.6) is 0 Å². The molecule has 2 aliphatic rings. The average Bonchev–Trinajstić information content (AvgIpc) is 2.24. The first-order valence-corrected chi connectivity index (χ1v) is 6.73. The van der Waals surface area contributed by atoms with Gasteiger partial charge in [0.2, 0.25) is 5.91 Å². The Hall–Kier alpha value is -0.650. The highest BCUT2D eigenvalue weighted by Gasteiger charge is 2.38. The third-order valence-corrected chi connectivity index (χ3v) is 4.06. The topological polar surface area (TPSA) is 54.5 Å². The van der Waals surface area contributed by atoms with Gasteiger partial charge in [0.15, 0.2) is 0 Å². The van der Waals surface area contributed by atoms with Crippen molar-refractivity contribution in [2.45, 2.75) is 31.7 Å². The van der Waals surface area contributed by atoms with Crippen LogP contribution in [0.15, 0.2) is 0 Å². The number of halogens is 1. The molecule has 1 heterocycles. The van der Waals surface area contributed by atoms with E-state index in [1.165, 1.54) is 0 Å². The molecule has 1 aliphatic carbocycles. The molecule has 0 aromatic rings. The van der Waals surface area contributed by atoms with Gasteiger partial charge in [0, 0.05) is 24.9 Å². The molecule has 1 saturated carbocycles. The molecule has 2 fully saturated rings. The Morgan fingerprint density at radius 1 is 1.40 bits per heavy atom. The summed E-state index contributed by atoms with van der Waals surface area (Å²) in [5.74, 6) is -0.886. The van der Waals surface area contributed by atoms with Gasteiger partial charge in [-0.15, -0.1) is 3.89 Å². The molecule has 0 aromatic carbocycles. The summed E-state index contributed by atoms with van der Waals surface area (Å²) in [5, 5.41) is 0. The number of carbonyl (C=O) groups excluding carboxylic acids is 1. The minimum atomic E-state index is -4.45. The second-order valence-electron chi connectivity index (χ2n) is 4.41. The molecule has 15 heavy (non-hydrogen) atoms. The van der Waals surface area contributed by atoms with Crippen molar-refractivity contribution in [2.75, 3.05) is 12.3 Å². The first-order valence-electron chi connectivity index (χ1n) is 5.17. The van der Waals surface area contributed by atoms with E-state index >= 15 is 0 Å². The van der Waals surface area contributed by atoms with Crippen molar-refractivity contribution in [3.05, 3.63) is 0 Å². The van der Waals surface area contributed by atoms with Crippen LogP contribution in [0.25, 0.3) is 0 Å². The molecular formula is C9H14FNO3S. The Morgan fingerprint density at radius 2 is 2.07 bits per heavy atom. The van der Waals surface area contributed by atoms with E-state index in [-0.39, 0.29) is 24.3 Å². The van der Waals surface area contributed by atoms with Gasteiger partial charge in [-0.1, -0.05) is 0 Å². The zero-order valence-electron chi connectivity index (χ0n) is 8.36. The molecule has 1 unspecified atom stereocenters. The van der Waals surface area contributed by atoms with Crippen molar-refractivity contribution in [3.8, 4) is 0 Å². The Bertz CT molecular complexity index is 364. The van der Waals surface area contributed by atoms with Crippen molar-refractivity contribution in [2.24, 2.45) is 5.92 Å². The van der Waals surface area contributed by atoms with Crippen molar-refractivity contribution in [1.82, 2.24) is 4.90 Å². The van der Waals surface area contributed by atoms with Gasteiger partial charge < -0.3 is 4.90 Å². The summed E-state index contributed by atoms with van der Waals surface area (Å²) in [7, 11) is -4.45. The molecule has 2 rings (SSSR count). The van der Waals surface area contributed by atoms with E-state index in [4.69, 9.17) is 0 Å². The lowest BCUT2D eigenvalue weighted by atomic mass is 9.92. The fraction of sp³-hybridized carbons (Fsp3) is 0.889. The lowest BCUT2D eigenvalue weighted by molar-refractivity contribution is -0.131. The van der Waals surface area contributed by atoms with Gasteiger partial charge in [-0.05, 0) is 19.3 Å². The van der Waals surface area contributed by atoms with Gasteiger partial charge >= 0.3 is 10.2 Å². The summed E-state index contributed by atoms with van der Waals surface area (Å²) in [6, 6.07) is 0.282. The molecule has 0 bridgehead atoms. The van der Waals surface area contributed by atoms with Gasteiger partial charge in [0.25, 0.3) is 0 Å². The number of hydrogen-bond acceptors (Lipinski definition) is 3. The summed E-state index contributed by atoms with van der Waals surface area (Å²) in [6.45, 7) is 0.409. The van der Waals surface area contributed by atoms with E-state index in [9.17, 15) is 17.1 Å². The zero-order valence-corrected chi connectivity index (χ0v) is 9.17. The maximum atomic E-state index is 12.4. The van der Waals surface area contributed by atoms with Crippen LogP contribution in [0.1, 0.15) is 25.7 Å². The predicted molar refractivity (Wildman–Crippen MR) is 52.4 cm³/mol. The second-order valence-corrected chi connectivity index (χ2v) is 5.82. The summed E-state index contributed by atoms with van der Waals surface area (Å²) in [6.07, 6.45) is 3.31. The fourth-order valence-electron chi connectivity index (χ4n) is 2.25. The third kappa shape index (κ3) is 2.48. The Kier molecular flexibility index (Phi) is 2.70. The standard InChI is InChI=1S/C9H14FNO3S/c10-15(13,14)6-7-4-9(12)11(5-7)8-2-1-3-8/h7-8H,1-6H2. The lowest BCUT2D eigenvalue weighted by Crippen LogP contribution is -2.41. The number of nitrogens with zero attached hydrogens (tertiary/aromatic N) is 1. The number of rotatable bonds is 3. The average molecular weight is 235 g/mol. The van der Waals surface area contributed by atoms with Crippen LogP contribution in [0, 0.1) is 5.92 Å². The molecule has 1 aliphatic heterocycles. The maximum Gasteiger partial charge on any atom is 0.302 e. The fourth-order valence-corrected chi connectivity index (χ4v) is 3.04. The Labute approximate surface area is 88.7 Å². The quantitative estimate of drug-likeness (QED) is 0.676. The minimum Gasteiger partial charge on any atom is -0.339 e. The number of likely N-dealkylation sites (tertiary alicyclic amines) is 1. The summed E-state index contributed by atoms with van der Waals surface area (Å²) in [5.41, 5.74) is 0. The largest absolute Gasteiger partial charge is 0.339 e. The van der Waals surface area contributed by atoms with E-state index in [0.717, 1.165) is 19.3 Å². The molecule has 1 amide bonds. The van der Waals surface area contributed by atoms with Crippen LogP contribution in [-0.2, 0) is 15.0 Å². The smallest absolute Gasteiger partial charge is 0.302 e. The SMILES string of the molecule is O=C1CC(CS(=O)(=O)F)CN1C1CCC1. The summed E-state index contributed by atoms with van der Waals surface area (Å²) >= 11 is 0. The van der Waals surface area contributed by atoms with Gasteiger partial charge in [-0.3, -0.25) is 4.79 Å². The van der Waals surface area contributed by atoms with E-state index in [0.29, 0.717) is 6.54 Å². The van der Waals surface area contributed by atoms with Crippen molar-refractivity contribution in [1.29, 1.82) is 0 Å². The van der Waals surface area contributed by atoms with Crippen LogP contribution < -0.4 is 0 Å². The monoisotopic (exact) mass is 235 g/mol. The van der Waals surface area contributed by atoms with Gasteiger partial charge in [0.1, 0.15) is 0 Å². The first kappa shape index (κ1) is 10.9. The van der Waals surface area contributed by atoms with Crippen LogP contribution >= 0.6 is 0 Å². The molecule has 0 aromatic heterocycles. The normalized spacial score (nSPS) is 28.2. The third-order valence-electron chi connectivity index (χ3n) is 3.19. The molecule has 0 radical (unpaired) electrons.